The van der Waals surface area contributed by atoms with Crippen LogP contribution in [0.4, 0.5) is 18.0 Å². The zero-order valence-corrected chi connectivity index (χ0v) is 11.6. The average Bonchev–Trinajstić information content (AvgIpc) is 2.39. The second kappa shape index (κ2) is 6.65. The Bertz CT molecular complexity index is 321. The lowest BCUT2D eigenvalue weighted by Gasteiger charge is -2.36. The SMILES string of the molecule is O=C(NC1CCCCC1)N1CCN(CC(F)(F)F)CC1. The van der Waals surface area contributed by atoms with Gasteiger partial charge in [0.15, 0.2) is 0 Å². The van der Waals surface area contributed by atoms with E-state index in [0.29, 0.717) is 13.1 Å². The Morgan fingerprint density at radius 1 is 1.05 bits per heavy atom. The van der Waals surface area contributed by atoms with Crippen LogP contribution in [0.2, 0.25) is 0 Å². The second-order valence-corrected chi connectivity index (χ2v) is 5.66. The van der Waals surface area contributed by atoms with Gasteiger partial charge in [-0.15, -0.1) is 0 Å². The third-order valence-corrected chi connectivity index (χ3v) is 4.00. The largest absolute Gasteiger partial charge is 0.401 e. The first-order valence-electron chi connectivity index (χ1n) is 7.28. The summed E-state index contributed by atoms with van der Waals surface area (Å²) < 4.78 is 36.8. The number of alkyl halides is 3. The molecule has 2 aliphatic rings. The molecule has 1 saturated carbocycles. The smallest absolute Gasteiger partial charge is 0.335 e. The van der Waals surface area contributed by atoms with Crippen LogP contribution in [-0.2, 0) is 0 Å². The fourth-order valence-corrected chi connectivity index (χ4v) is 2.88. The van der Waals surface area contributed by atoms with Crippen molar-refractivity contribution < 1.29 is 18.0 Å². The maximum Gasteiger partial charge on any atom is 0.401 e. The molecule has 0 unspecified atom stereocenters. The van der Waals surface area contributed by atoms with Crippen LogP contribution in [-0.4, -0.2) is 60.8 Å². The minimum absolute atomic E-state index is 0.122. The standard InChI is InChI=1S/C13H22F3N3O/c14-13(15,16)10-18-6-8-19(9-7-18)12(20)17-11-4-2-1-3-5-11/h11H,1-10H2,(H,17,20). The van der Waals surface area contributed by atoms with Gasteiger partial charge in [-0.05, 0) is 12.8 Å². The van der Waals surface area contributed by atoms with Gasteiger partial charge in [-0.1, -0.05) is 19.3 Å². The monoisotopic (exact) mass is 293 g/mol. The summed E-state index contributed by atoms with van der Waals surface area (Å²) in [6, 6.07) is 0.119. The van der Waals surface area contributed by atoms with Crippen molar-refractivity contribution in [1.29, 1.82) is 0 Å². The molecule has 116 valence electrons. The first kappa shape index (κ1) is 15.4. The van der Waals surface area contributed by atoms with E-state index in [9.17, 15) is 18.0 Å². The Kier molecular flexibility index (Phi) is 5.12. The van der Waals surface area contributed by atoms with Crippen LogP contribution >= 0.6 is 0 Å². The minimum Gasteiger partial charge on any atom is -0.335 e. The number of amides is 2. The molecule has 1 heterocycles. The number of halogens is 3. The maximum atomic E-state index is 12.3. The number of carbonyl (C=O) groups is 1. The predicted octanol–water partition coefficient (Wildman–Crippen LogP) is 2.21. The highest BCUT2D eigenvalue weighted by Gasteiger charge is 2.33. The molecule has 0 radical (unpaired) electrons. The van der Waals surface area contributed by atoms with Crippen LogP contribution in [0.5, 0.6) is 0 Å². The summed E-state index contributed by atoms with van der Waals surface area (Å²) in [5.41, 5.74) is 0. The number of rotatable bonds is 2. The van der Waals surface area contributed by atoms with E-state index in [4.69, 9.17) is 0 Å². The van der Waals surface area contributed by atoms with Crippen molar-refractivity contribution in [2.75, 3.05) is 32.7 Å². The van der Waals surface area contributed by atoms with Crippen molar-refractivity contribution in [1.82, 2.24) is 15.1 Å². The molecule has 0 aromatic heterocycles. The molecule has 1 aliphatic heterocycles. The fraction of sp³-hybridized carbons (Fsp3) is 0.923. The van der Waals surface area contributed by atoms with E-state index < -0.39 is 12.7 Å². The maximum absolute atomic E-state index is 12.3. The van der Waals surface area contributed by atoms with E-state index in [1.54, 1.807) is 4.90 Å². The number of nitrogens with zero attached hydrogens (tertiary/aromatic N) is 2. The molecule has 0 bridgehead atoms. The molecule has 1 aliphatic carbocycles. The molecule has 1 saturated heterocycles. The van der Waals surface area contributed by atoms with Crippen LogP contribution < -0.4 is 5.32 Å². The number of piperazine rings is 1. The van der Waals surface area contributed by atoms with Crippen LogP contribution in [0, 0.1) is 0 Å². The average molecular weight is 293 g/mol. The molecule has 7 heteroatoms. The van der Waals surface area contributed by atoms with Gasteiger partial charge < -0.3 is 10.2 Å². The molecular weight excluding hydrogens is 271 g/mol. The molecule has 0 aromatic rings. The highest BCUT2D eigenvalue weighted by Crippen LogP contribution is 2.19. The lowest BCUT2D eigenvalue weighted by molar-refractivity contribution is -0.148. The van der Waals surface area contributed by atoms with Crippen molar-refractivity contribution in [2.45, 2.75) is 44.3 Å². The quantitative estimate of drug-likeness (QED) is 0.847. The van der Waals surface area contributed by atoms with Crippen molar-refractivity contribution in [2.24, 2.45) is 0 Å². The zero-order valence-electron chi connectivity index (χ0n) is 11.6. The van der Waals surface area contributed by atoms with Crippen molar-refractivity contribution in [3.05, 3.63) is 0 Å². The Labute approximate surface area is 117 Å². The van der Waals surface area contributed by atoms with Crippen molar-refractivity contribution >= 4 is 6.03 Å². The molecule has 1 N–H and O–H groups in total. The van der Waals surface area contributed by atoms with E-state index >= 15 is 0 Å². The van der Waals surface area contributed by atoms with Gasteiger partial charge in [-0.25, -0.2) is 4.79 Å². The summed E-state index contributed by atoms with van der Waals surface area (Å²) in [4.78, 5) is 15.0. The third-order valence-electron chi connectivity index (χ3n) is 4.00. The van der Waals surface area contributed by atoms with Gasteiger partial charge in [-0.2, -0.15) is 13.2 Å². The highest BCUT2D eigenvalue weighted by atomic mass is 19.4. The predicted molar refractivity (Wildman–Crippen MR) is 69.5 cm³/mol. The van der Waals surface area contributed by atoms with Gasteiger partial charge >= 0.3 is 12.2 Å². The van der Waals surface area contributed by atoms with Crippen molar-refractivity contribution in [3.63, 3.8) is 0 Å². The lowest BCUT2D eigenvalue weighted by atomic mass is 9.96. The first-order valence-corrected chi connectivity index (χ1v) is 7.28. The van der Waals surface area contributed by atoms with Gasteiger partial charge in [0.25, 0.3) is 0 Å². The Balaban J connectivity index is 1.71. The molecule has 0 aromatic carbocycles. The molecule has 0 atom stereocenters. The van der Waals surface area contributed by atoms with Crippen LogP contribution in [0.25, 0.3) is 0 Å². The van der Waals surface area contributed by atoms with E-state index in [1.165, 1.54) is 11.3 Å². The van der Waals surface area contributed by atoms with Gasteiger partial charge in [0.1, 0.15) is 0 Å². The number of nitrogens with one attached hydrogen (secondary N) is 1. The second-order valence-electron chi connectivity index (χ2n) is 5.66. The molecule has 20 heavy (non-hydrogen) atoms. The fourth-order valence-electron chi connectivity index (χ4n) is 2.88. The lowest BCUT2D eigenvalue weighted by Crippen LogP contribution is -2.54. The summed E-state index contributed by atoms with van der Waals surface area (Å²) in [5, 5.41) is 3.00. The minimum atomic E-state index is -4.16. The first-order chi connectivity index (χ1) is 9.44. The summed E-state index contributed by atoms with van der Waals surface area (Å²) in [7, 11) is 0. The van der Waals surface area contributed by atoms with Crippen LogP contribution in [0.15, 0.2) is 0 Å². The molecule has 2 amide bonds. The summed E-state index contributed by atoms with van der Waals surface area (Å²) >= 11 is 0. The summed E-state index contributed by atoms with van der Waals surface area (Å²) in [6.07, 6.45) is 1.38. The molecule has 0 spiro atoms. The van der Waals surface area contributed by atoms with Gasteiger partial charge in [-0.3, -0.25) is 4.90 Å². The summed E-state index contributed by atoms with van der Waals surface area (Å²) in [5.74, 6) is 0. The molecular formula is C13H22F3N3O. The highest BCUT2D eigenvalue weighted by molar-refractivity contribution is 5.74. The van der Waals surface area contributed by atoms with E-state index in [-0.39, 0.29) is 25.2 Å². The Morgan fingerprint density at radius 2 is 1.65 bits per heavy atom. The number of hydrogen-bond acceptors (Lipinski definition) is 2. The number of carbonyl (C=O) groups excluding carboxylic acids is 1. The molecule has 2 rings (SSSR count). The number of hydrogen-bond donors (Lipinski definition) is 1. The van der Waals surface area contributed by atoms with Crippen LogP contribution in [0.1, 0.15) is 32.1 Å². The van der Waals surface area contributed by atoms with Gasteiger partial charge in [0, 0.05) is 32.2 Å². The van der Waals surface area contributed by atoms with Gasteiger partial charge in [0.05, 0.1) is 6.54 Å². The molecule has 4 nitrogen and oxygen atoms in total. The van der Waals surface area contributed by atoms with E-state index in [1.807, 2.05) is 0 Å². The van der Waals surface area contributed by atoms with E-state index in [2.05, 4.69) is 5.32 Å². The zero-order chi connectivity index (χ0) is 14.6. The Hall–Kier alpha value is -0.980. The van der Waals surface area contributed by atoms with Gasteiger partial charge in [0.2, 0.25) is 0 Å². The summed E-state index contributed by atoms with van der Waals surface area (Å²) in [6.45, 7) is 0.434. The molecule has 2 fully saturated rings. The van der Waals surface area contributed by atoms with E-state index in [0.717, 1.165) is 25.7 Å². The van der Waals surface area contributed by atoms with Crippen molar-refractivity contribution in [3.8, 4) is 0 Å². The normalized spacial score (nSPS) is 22.9. The topological polar surface area (TPSA) is 35.6 Å². The third kappa shape index (κ3) is 4.85. The Morgan fingerprint density at radius 3 is 2.20 bits per heavy atom. The number of urea groups is 1. The van der Waals surface area contributed by atoms with Crippen LogP contribution in [0.3, 0.4) is 0 Å².